The van der Waals surface area contributed by atoms with Crippen LogP contribution in [-0.4, -0.2) is 74.3 Å². The predicted octanol–water partition coefficient (Wildman–Crippen LogP) is 3.00. The number of rotatable bonds is 8. The predicted molar refractivity (Wildman–Crippen MR) is 159 cm³/mol. The molecule has 10 heteroatoms. The number of hydrogen-bond acceptors (Lipinski definition) is 6. The molecule has 0 saturated carbocycles. The highest BCUT2D eigenvalue weighted by Gasteiger charge is 2.29. The van der Waals surface area contributed by atoms with Crippen LogP contribution in [0.1, 0.15) is 16.7 Å². The van der Waals surface area contributed by atoms with Crippen molar-refractivity contribution in [2.75, 3.05) is 62.4 Å². The monoisotopic (exact) mass is 556 g/mol. The number of halogens is 1. The fraction of sp³-hybridized carbons (Fsp3) is 0.258. The van der Waals surface area contributed by atoms with Crippen LogP contribution in [0.5, 0.6) is 0 Å². The quantitative estimate of drug-likeness (QED) is 0.368. The molecule has 41 heavy (non-hydrogen) atoms. The van der Waals surface area contributed by atoms with E-state index in [9.17, 15) is 18.8 Å². The summed E-state index contributed by atoms with van der Waals surface area (Å²) in [5.74, 6) is -1.23. The van der Waals surface area contributed by atoms with Crippen molar-refractivity contribution in [3.63, 3.8) is 0 Å². The molecule has 9 nitrogen and oxygen atoms in total. The van der Waals surface area contributed by atoms with Crippen molar-refractivity contribution >= 4 is 46.1 Å². The van der Waals surface area contributed by atoms with Crippen LogP contribution in [0.25, 0.3) is 11.3 Å². The molecule has 0 aliphatic carbocycles. The topological polar surface area (TPSA) is 111 Å². The molecule has 1 saturated heterocycles. The molecule has 0 bridgehead atoms. The number of fused-ring (bicyclic) bond motifs is 1. The maximum absolute atomic E-state index is 13.9. The summed E-state index contributed by atoms with van der Waals surface area (Å²) < 4.78 is 13.9. The number of nitrogens with zero attached hydrogens (tertiary/aromatic N) is 3. The summed E-state index contributed by atoms with van der Waals surface area (Å²) in [5, 5.41) is 6.11. The van der Waals surface area contributed by atoms with Crippen molar-refractivity contribution in [3.05, 3.63) is 89.2 Å². The highest BCUT2D eigenvalue weighted by Crippen LogP contribution is 2.38. The Morgan fingerprint density at radius 2 is 1.68 bits per heavy atom. The molecule has 1 fully saturated rings. The van der Waals surface area contributed by atoms with Gasteiger partial charge in [-0.05, 0) is 60.6 Å². The largest absolute Gasteiger partial charge is 0.369 e. The summed E-state index contributed by atoms with van der Waals surface area (Å²) in [7, 11) is 3.85. The fourth-order valence-electron chi connectivity index (χ4n) is 5.02. The molecule has 0 unspecified atom stereocenters. The molecule has 0 radical (unpaired) electrons. The summed E-state index contributed by atoms with van der Waals surface area (Å²) in [4.78, 5) is 43.5. The van der Waals surface area contributed by atoms with Gasteiger partial charge in [-0.2, -0.15) is 0 Å². The summed E-state index contributed by atoms with van der Waals surface area (Å²) in [5.41, 5.74) is 10.1. The second-order valence-corrected chi connectivity index (χ2v) is 10.4. The van der Waals surface area contributed by atoms with Crippen LogP contribution in [0.2, 0.25) is 0 Å². The van der Waals surface area contributed by atoms with Gasteiger partial charge in [0, 0.05) is 50.2 Å². The second-order valence-electron chi connectivity index (χ2n) is 10.4. The van der Waals surface area contributed by atoms with E-state index in [0.717, 1.165) is 37.4 Å². The van der Waals surface area contributed by atoms with Gasteiger partial charge in [-0.1, -0.05) is 24.3 Å². The van der Waals surface area contributed by atoms with Gasteiger partial charge in [0.05, 0.1) is 29.9 Å². The number of piperazine rings is 1. The minimum absolute atomic E-state index is 0.0144. The molecule has 0 aromatic heterocycles. The van der Waals surface area contributed by atoms with Gasteiger partial charge >= 0.3 is 0 Å². The normalized spacial score (nSPS) is 16.6. The van der Waals surface area contributed by atoms with Crippen molar-refractivity contribution in [1.29, 1.82) is 0 Å². The molecular weight excluding hydrogens is 523 g/mol. The van der Waals surface area contributed by atoms with E-state index in [2.05, 4.69) is 27.5 Å². The zero-order valence-electron chi connectivity index (χ0n) is 23.1. The van der Waals surface area contributed by atoms with Gasteiger partial charge in [0.15, 0.2) is 0 Å². The number of hydrogen-bond donors (Lipinski definition) is 3. The Bertz CT molecular complexity index is 1500. The number of primary amides is 1. The second kappa shape index (κ2) is 11.9. The fourth-order valence-corrected chi connectivity index (χ4v) is 5.02. The van der Waals surface area contributed by atoms with Crippen LogP contribution in [0.3, 0.4) is 0 Å². The van der Waals surface area contributed by atoms with Crippen molar-refractivity contribution < 1.29 is 18.8 Å². The van der Waals surface area contributed by atoms with Gasteiger partial charge in [-0.15, -0.1) is 0 Å². The SMILES string of the molecule is CN1CCN(CC(=O)N(C)c2ccc(NC(=C3C(=O)Nc4cc(F)ccc43)c3ccc(CC(N)=O)cc3)cc2)CC1. The molecule has 2 aliphatic rings. The third kappa shape index (κ3) is 6.45. The van der Waals surface area contributed by atoms with Crippen LogP contribution in [0, 0.1) is 5.82 Å². The molecular formula is C31H33FN6O3. The van der Waals surface area contributed by atoms with E-state index in [0.29, 0.717) is 40.3 Å². The van der Waals surface area contributed by atoms with Gasteiger partial charge < -0.3 is 26.2 Å². The van der Waals surface area contributed by atoms with E-state index in [1.807, 2.05) is 36.4 Å². The third-order valence-electron chi connectivity index (χ3n) is 7.45. The molecule has 5 rings (SSSR count). The Morgan fingerprint density at radius 1 is 1.00 bits per heavy atom. The van der Waals surface area contributed by atoms with Crippen molar-refractivity contribution in [2.24, 2.45) is 5.73 Å². The maximum Gasteiger partial charge on any atom is 0.258 e. The number of nitrogens with two attached hydrogens (primary N) is 1. The van der Waals surface area contributed by atoms with E-state index in [-0.39, 0.29) is 18.2 Å². The molecule has 212 valence electrons. The highest BCUT2D eigenvalue weighted by atomic mass is 19.1. The smallest absolute Gasteiger partial charge is 0.258 e. The van der Waals surface area contributed by atoms with E-state index < -0.39 is 11.7 Å². The lowest BCUT2D eigenvalue weighted by molar-refractivity contribution is -0.120. The van der Waals surface area contributed by atoms with Gasteiger partial charge in [0.2, 0.25) is 11.8 Å². The number of carbonyl (C=O) groups excluding carboxylic acids is 3. The summed E-state index contributed by atoms with van der Waals surface area (Å²) in [6, 6.07) is 18.7. The minimum Gasteiger partial charge on any atom is -0.369 e. The van der Waals surface area contributed by atoms with Crippen LogP contribution >= 0.6 is 0 Å². The number of amides is 3. The zero-order chi connectivity index (χ0) is 29.1. The van der Waals surface area contributed by atoms with Gasteiger partial charge in [0.1, 0.15) is 5.82 Å². The van der Waals surface area contributed by atoms with Crippen LogP contribution in [-0.2, 0) is 20.8 Å². The highest BCUT2D eigenvalue weighted by molar-refractivity contribution is 6.37. The Balaban J connectivity index is 1.41. The van der Waals surface area contributed by atoms with Gasteiger partial charge in [-0.25, -0.2) is 4.39 Å². The first kappa shape index (κ1) is 28.0. The number of carbonyl (C=O) groups is 3. The molecule has 3 amide bonds. The molecule has 2 aliphatic heterocycles. The van der Waals surface area contributed by atoms with Crippen molar-refractivity contribution in [3.8, 4) is 0 Å². The molecule has 0 spiro atoms. The first-order valence-electron chi connectivity index (χ1n) is 13.5. The Hall–Kier alpha value is -4.54. The van der Waals surface area contributed by atoms with Crippen molar-refractivity contribution in [1.82, 2.24) is 9.80 Å². The standard InChI is InChI=1S/C31H33FN6O3/c1-36-13-15-38(16-14-36)19-28(40)37(2)24-10-8-23(9-11-24)34-30(21-5-3-20(4-6-21)17-27(33)39)29-25-12-7-22(32)18-26(25)35-31(29)41/h3-12,18,34H,13-17,19H2,1-2H3,(H2,33,39)(H,35,41). The maximum atomic E-state index is 13.9. The molecule has 0 atom stereocenters. The number of anilines is 3. The lowest BCUT2D eigenvalue weighted by Crippen LogP contribution is -2.48. The molecule has 3 aromatic carbocycles. The third-order valence-corrected chi connectivity index (χ3v) is 7.45. The van der Waals surface area contributed by atoms with Crippen molar-refractivity contribution in [2.45, 2.75) is 6.42 Å². The van der Waals surface area contributed by atoms with E-state index >= 15 is 0 Å². The first-order chi connectivity index (χ1) is 19.7. The molecule has 4 N–H and O–H groups in total. The molecule has 3 aromatic rings. The van der Waals surface area contributed by atoms with E-state index in [1.54, 1.807) is 30.1 Å². The van der Waals surface area contributed by atoms with E-state index in [1.165, 1.54) is 12.1 Å². The number of nitrogens with one attached hydrogen (secondary N) is 2. The number of likely N-dealkylation sites (N-methyl/N-ethyl adjacent to an activating group) is 2. The first-order valence-corrected chi connectivity index (χ1v) is 13.5. The molecule has 2 heterocycles. The average Bonchev–Trinajstić information content (AvgIpc) is 3.27. The zero-order valence-corrected chi connectivity index (χ0v) is 23.1. The summed E-state index contributed by atoms with van der Waals surface area (Å²) in [6.45, 7) is 3.98. The van der Waals surface area contributed by atoms with Crippen LogP contribution in [0.4, 0.5) is 21.5 Å². The summed E-state index contributed by atoms with van der Waals surface area (Å²) >= 11 is 0. The Labute approximate surface area is 238 Å². The average molecular weight is 557 g/mol. The van der Waals surface area contributed by atoms with Crippen LogP contribution < -0.4 is 21.3 Å². The Kier molecular flexibility index (Phi) is 8.14. The van der Waals surface area contributed by atoms with E-state index in [4.69, 9.17) is 5.73 Å². The lowest BCUT2D eigenvalue weighted by Gasteiger charge is -2.32. The number of benzene rings is 3. The minimum atomic E-state index is -0.447. The van der Waals surface area contributed by atoms with Gasteiger partial charge in [-0.3, -0.25) is 19.3 Å². The van der Waals surface area contributed by atoms with Crippen LogP contribution in [0.15, 0.2) is 66.7 Å². The lowest BCUT2D eigenvalue weighted by atomic mass is 9.98. The van der Waals surface area contributed by atoms with Gasteiger partial charge in [0.25, 0.3) is 5.91 Å². The summed E-state index contributed by atoms with van der Waals surface area (Å²) in [6.07, 6.45) is 0.102. The Morgan fingerprint density at radius 3 is 2.34 bits per heavy atom.